The third-order valence-electron chi connectivity index (χ3n) is 2.15. The predicted molar refractivity (Wildman–Crippen MR) is 43.9 cm³/mol. The molecule has 0 bridgehead atoms. The Morgan fingerprint density at radius 1 is 1.60 bits per heavy atom. The maximum atomic E-state index is 3.50. The summed E-state index contributed by atoms with van der Waals surface area (Å²) in [4.78, 5) is 2.33. The summed E-state index contributed by atoms with van der Waals surface area (Å²) in [6.45, 7) is 4.59. The number of hydrogen-bond donors (Lipinski definition) is 1. The van der Waals surface area contributed by atoms with Crippen LogP contribution in [0.15, 0.2) is 0 Å². The van der Waals surface area contributed by atoms with Crippen molar-refractivity contribution in [2.75, 3.05) is 20.3 Å². The van der Waals surface area contributed by atoms with Gasteiger partial charge < -0.3 is 5.32 Å². The molecule has 1 aliphatic heterocycles. The van der Waals surface area contributed by atoms with Gasteiger partial charge in [-0.1, -0.05) is 13.3 Å². The number of hydrogen-bond acceptors (Lipinski definition) is 2. The Morgan fingerprint density at radius 2 is 2.40 bits per heavy atom. The summed E-state index contributed by atoms with van der Waals surface area (Å²) in [7, 11) is 2.16. The molecule has 1 fully saturated rings. The first-order valence-corrected chi connectivity index (χ1v) is 4.25. The molecule has 1 rings (SSSR count). The van der Waals surface area contributed by atoms with Crippen LogP contribution in [0, 0.1) is 0 Å². The first-order chi connectivity index (χ1) is 4.83. The molecule has 0 spiro atoms. The van der Waals surface area contributed by atoms with Gasteiger partial charge >= 0.3 is 0 Å². The molecule has 1 N–H and O–H groups in total. The van der Waals surface area contributed by atoms with Gasteiger partial charge in [0.2, 0.25) is 0 Å². The van der Waals surface area contributed by atoms with Gasteiger partial charge in [-0.3, -0.25) is 4.90 Å². The van der Waals surface area contributed by atoms with Gasteiger partial charge in [0.05, 0.1) is 0 Å². The van der Waals surface area contributed by atoms with E-state index in [2.05, 4.69) is 24.2 Å². The molecule has 0 amide bonds. The molecular formula is C8H18N2. The lowest BCUT2D eigenvalue weighted by molar-refractivity contribution is 0.212. The quantitative estimate of drug-likeness (QED) is 0.619. The van der Waals surface area contributed by atoms with Crippen molar-refractivity contribution in [3.8, 4) is 0 Å². The summed E-state index contributed by atoms with van der Waals surface area (Å²) in [5.41, 5.74) is 0. The molecule has 1 atom stereocenters. The van der Waals surface area contributed by atoms with E-state index < -0.39 is 0 Å². The molecule has 2 heteroatoms. The Bertz CT molecular complexity index is 85.3. The van der Waals surface area contributed by atoms with E-state index in [9.17, 15) is 0 Å². The minimum atomic E-state index is 0.793. The molecule has 1 unspecified atom stereocenters. The lowest BCUT2D eigenvalue weighted by Crippen LogP contribution is -2.45. The first-order valence-electron chi connectivity index (χ1n) is 4.25. The summed E-state index contributed by atoms with van der Waals surface area (Å²) >= 11 is 0. The average Bonchev–Trinajstić information content (AvgIpc) is 1.95. The van der Waals surface area contributed by atoms with Crippen molar-refractivity contribution in [1.82, 2.24) is 10.2 Å². The van der Waals surface area contributed by atoms with Crippen molar-refractivity contribution in [1.29, 1.82) is 0 Å². The van der Waals surface area contributed by atoms with Gasteiger partial charge in [-0.2, -0.15) is 0 Å². The van der Waals surface area contributed by atoms with Crippen molar-refractivity contribution in [2.24, 2.45) is 0 Å². The lowest BCUT2D eigenvalue weighted by atomic mass is 10.1. The maximum Gasteiger partial charge on any atom is 0.0479 e. The van der Waals surface area contributed by atoms with Crippen LogP contribution in [-0.4, -0.2) is 31.2 Å². The SMILES string of the molecule is CCCC1CCN(C)CN1. The Kier molecular flexibility index (Phi) is 3.16. The smallest absolute Gasteiger partial charge is 0.0479 e. The predicted octanol–water partition coefficient (Wildman–Crippen LogP) is 1.04. The molecule has 1 heterocycles. The number of nitrogens with one attached hydrogen (secondary N) is 1. The van der Waals surface area contributed by atoms with Crippen LogP contribution in [0.25, 0.3) is 0 Å². The Balaban J connectivity index is 2.13. The van der Waals surface area contributed by atoms with Crippen LogP contribution in [0.3, 0.4) is 0 Å². The van der Waals surface area contributed by atoms with Gasteiger partial charge in [0.15, 0.2) is 0 Å². The summed E-state index contributed by atoms with van der Waals surface area (Å²) in [5, 5.41) is 3.50. The molecule has 0 aromatic heterocycles. The van der Waals surface area contributed by atoms with Crippen molar-refractivity contribution >= 4 is 0 Å². The highest BCUT2D eigenvalue weighted by Crippen LogP contribution is 2.06. The minimum absolute atomic E-state index is 0.793. The zero-order valence-electron chi connectivity index (χ0n) is 7.06. The molecule has 60 valence electrons. The minimum Gasteiger partial charge on any atom is -0.301 e. The molecule has 10 heavy (non-hydrogen) atoms. The molecule has 0 aromatic carbocycles. The normalized spacial score (nSPS) is 28.8. The number of nitrogens with zero attached hydrogens (tertiary/aromatic N) is 1. The second kappa shape index (κ2) is 3.94. The molecule has 1 saturated heterocycles. The topological polar surface area (TPSA) is 15.3 Å². The summed E-state index contributed by atoms with van der Waals surface area (Å²) < 4.78 is 0. The molecule has 0 aromatic rings. The molecule has 0 radical (unpaired) electrons. The van der Waals surface area contributed by atoms with Gasteiger partial charge in [-0.25, -0.2) is 0 Å². The maximum absolute atomic E-state index is 3.50. The van der Waals surface area contributed by atoms with Crippen molar-refractivity contribution in [3.05, 3.63) is 0 Å². The first kappa shape index (κ1) is 8.02. The highest BCUT2D eigenvalue weighted by atomic mass is 15.2. The van der Waals surface area contributed by atoms with E-state index in [1.54, 1.807) is 0 Å². The molecule has 1 aliphatic rings. The van der Waals surface area contributed by atoms with E-state index in [4.69, 9.17) is 0 Å². The van der Waals surface area contributed by atoms with Gasteiger partial charge in [0, 0.05) is 19.3 Å². The second-order valence-electron chi connectivity index (χ2n) is 3.22. The third kappa shape index (κ3) is 2.27. The van der Waals surface area contributed by atoms with Crippen molar-refractivity contribution in [3.63, 3.8) is 0 Å². The molecular weight excluding hydrogens is 124 g/mol. The summed E-state index contributed by atoms with van der Waals surface area (Å²) in [6, 6.07) is 0.793. The Morgan fingerprint density at radius 3 is 2.90 bits per heavy atom. The third-order valence-corrected chi connectivity index (χ3v) is 2.15. The molecule has 2 nitrogen and oxygen atoms in total. The van der Waals surface area contributed by atoms with Crippen LogP contribution in [-0.2, 0) is 0 Å². The molecule has 0 saturated carbocycles. The van der Waals surface area contributed by atoms with E-state index in [0.29, 0.717) is 0 Å². The fraction of sp³-hybridized carbons (Fsp3) is 1.00. The Hall–Kier alpha value is -0.0800. The van der Waals surface area contributed by atoms with Crippen LogP contribution >= 0.6 is 0 Å². The largest absolute Gasteiger partial charge is 0.301 e. The average molecular weight is 142 g/mol. The summed E-state index contributed by atoms with van der Waals surface area (Å²) in [5.74, 6) is 0. The Labute approximate surface area is 63.6 Å². The second-order valence-corrected chi connectivity index (χ2v) is 3.22. The van der Waals surface area contributed by atoms with Crippen LogP contribution in [0.5, 0.6) is 0 Å². The van der Waals surface area contributed by atoms with Crippen LogP contribution in [0.2, 0.25) is 0 Å². The lowest BCUT2D eigenvalue weighted by Gasteiger charge is -2.30. The van der Waals surface area contributed by atoms with Gasteiger partial charge in [-0.15, -0.1) is 0 Å². The van der Waals surface area contributed by atoms with Crippen molar-refractivity contribution < 1.29 is 0 Å². The van der Waals surface area contributed by atoms with Gasteiger partial charge in [-0.05, 0) is 19.9 Å². The zero-order chi connectivity index (χ0) is 7.40. The number of rotatable bonds is 2. The van der Waals surface area contributed by atoms with E-state index in [-0.39, 0.29) is 0 Å². The van der Waals surface area contributed by atoms with Crippen LogP contribution in [0.1, 0.15) is 26.2 Å². The fourth-order valence-electron chi connectivity index (χ4n) is 1.44. The fourth-order valence-corrected chi connectivity index (χ4v) is 1.44. The standard InChI is InChI=1S/C8H18N2/c1-3-4-8-5-6-10(2)7-9-8/h8-9H,3-7H2,1-2H3. The van der Waals surface area contributed by atoms with Gasteiger partial charge in [0.1, 0.15) is 0 Å². The van der Waals surface area contributed by atoms with Crippen LogP contribution in [0.4, 0.5) is 0 Å². The zero-order valence-corrected chi connectivity index (χ0v) is 7.06. The summed E-state index contributed by atoms with van der Waals surface area (Å²) in [6.07, 6.45) is 3.97. The highest BCUT2D eigenvalue weighted by molar-refractivity contribution is 4.72. The monoisotopic (exact) mass is 142 g/mol. The van der Waals surface area contributed by atoms with E-state index >= 15 is 0 Å². The van der Waals surface area contributed by atoms with Crippen molar-refractivity contribution in [2.45, 2.75) is 32.2 Å². The highest BCUT2D eigenvalue weighted by Gasteiger charge is 2.13. The van der Waals surface area contributed by atoms with E-state index in [0.717, 1.165) is 12.7 Å². The van der Waals surface area contributed by atoms with Crippen LogP contribution < -0.4 is 5.32 Å². The van der Waals surface area contributed by atoms with E-state index in [1.807, 2.05) is 0 Å². The van der Waals surface area contributed by atoms with Gasteiger partial charge in [0.25, 0.3) is 0 Å². The molecule has 0 aliphatic carbocycles. The van der Waals surface area contributed by atoms with E-state index in [1.165, 1.54) is 25.8 Å².